The Balaban J connectivity index is 1.50. The average molecular weight is 220 g/mol. The predicted octanol–water partition coefficient (Wildman–Crippen LogP) is 1.23. The second-order valence-corrected chi connectivity index (χ2v) is 5.27. The summed E-state index contributed by atoms with van der Waals surface area (Å²) in [5, 5.41) is 11.9. The van der Waals surface area contributed by atoms with E-state index >= 15 is 0 Å². The number of rotatable bonds is 5. The molecule has 1 unspecified atom stereocenters. The number of hydrogen-bond donors (Lipinski definition) is 1. The molecule has 1 N–H and O–H groups in total. The highest BCUT2D eigenvalue weighted by atomic mass is 15.4. The van der Waals surface area contributed by atoms with E-state index in [4.69, 9.17) is 0 Å². The van der Waals surface area contributed by atoms with Crippen LogP contribution in [-0.4, -0.2) is 28.1 Å². The third-order valence-corrected chi connectivity index (χ3v) is 3.71. The summed E-state index contributed by atoms with van der Waals surface area (Å²) in [4.78, 5) is 0. The fraction of sp³-hybridized carbons (Fsp3) is 0.833. The molecule has 4 heteroatoms. The van der Waals surface area contributed by atoms with E-state index in [0.717, 1.165) is 31.3 Å². The minimum Gasteiger partial charge on any atom is -0.316 e. The van der Waals surface area contributed by atoms with Crippen LogP contribution in [0.4, 0.5) is 0 Å². The van der Waals surface area contributed by atoms with Gasteiger partial charge < -0.3 is 5.32 Å². The first kappa shape index (κ1) is 10.3. The zero-order valence-corrected chi connectivity index (χ0v) is 9.73. The lowest BCUT2D eigenvalue weighted by Crippen LogP contribution is -2.10. The molecule has 3 rings (SSSR count). The smallest absolute Gasteiger partial charge is 0.0830 e. The maximum Gasteiger partial charge on any atom is 0.0830 e. The van der Waals surface area contributed by atoms with Gasteiger partial charge in [-0.25, -0.2) is 0 Å². The number of aryl methyl sites for hydroxylation is 1. The van der Waals surface area contributed by atoms with Crippen molar-refractivity contribution in [3.8, 4) is 0 Å². The first-order valence-corrected chi connectivity index (χ1v) is 6.50. The first-order valence-electron chi connectivity index (χ1n) is 6.50. The number of hydrogen-bond acceptors (Lipinski definition) is 3. The molecule has 2 fully saturated rings. The molecule has 88 valence electrons. The summed E-state index contributed by atoms with van der Waals surface area (Å²) in [6, 6.07) is 0. The topological polar surface area (TPSA) is 42.7 Å². The molecule has 16 heavy (non-hydrogen) atoms. The van der Waals surface area contributed by atoms with Crippen LogP contribution in [0.3, 0.4) is 0 Å². The van der Waals surface area contributed by atoms with Crippen molar-refractivity contribution in [2.24, 2.45) is 11.8 Å². The van der Waals surface area contributed by atoms with Crippen molar-refractivity contribution in [3.05, 3.63) is 11.9 Å². The van der Waals surface area contributed by atoms with E-state index in [2.05, 4.69) is 21.8 Å². The largest absolute Gasteiger partial charge is 0.316 e. The Hall–Kier alpha value is -0.900. The molecule has 0 aromatic carbocycles. The van der Waals surface area contributed by atoms with Crippen LogP contribution in [0.5, 0.6) is 0 Å². The van der Waals surface area contributed by atoms with Gasteiger partial charge in [-0.15, -0.1) is 5.10 Å². The quantitative estimate of drug-likeness (QED) is 0.811. The van der Waals surface area contributed by atoms with Gasteiger partial charge in [0, 0.05) is 12.7 Å². The van der Waals surface area contributed by atoms with E-state index in [1.165, 1.54) is 37.9 Å². The molecule has 0 bridgehead atoms. The van der Waals surface area contributed by atoms with E-state index in [1.807, 2.05) is 4.68 Å². The summed E-state index contributed by atoms with van der Waals surface area (Å²) in [7, 11) is 0. The molecule has 0 radical (unpaired) electrons. The lowest BCUT2D eigenvalue weighted by atomic mass is 10.0. The minimum absolute atomic E-state index is 0.772. The van der Waals surface area contributed by atoms with Gasteiger partial charge >= 0.3 is 0 Å². The Bertz CT molecular complexity index is 337. The van der Waals surface area contributed by atoms with Crippen LogP contribution in [0.2, 0.25) is 0 Å². The van der Waals surface area contributed by atoms with Crippen molar-refractivity contribution >= 4 is 0 Å². The van der Waals surface area contributed by atoms with Gasteiger partial charge in [-0.2, -0.15) is 0 Å². The van der Waals surface area contributed by atoms with E-state index in [9.17, 15) is 0 Å². The summed E-state index contributed by atoms with van der Waals surface area (Å²) < 4.78 is 2.02. The van der Waals surface area contributed by atoms with Crippen LogP contribution in [0.1, 0.15) is 31.4 Å². The summed E-state index contributed by atoms with van der Waals surface area (Å²) in [5.41, 5.74) is 1.17. The molecule has 0 spiro atoms. The fourth-order valence-corrected chi connectivity index (χ4v) is 2.45. The molecule has 1 aliphatic carbocycles. The molecule has 2 aliphatic rings. The fourth-order valence-electron chi connectivity index (χ4n) is 2.45. The van der Waals surface area contributed by atoms with E-state index in [1.54, 1.807) is 0 Å². The summed E-state index contributed by atoms with van der Waals surface area (Å²) >= 11 is 0. The molecule has 1 atom stereocenters. The third kappa shape index (κ3) is 2.61. The first-order chi connectivity index (χ1) is 7.90. The molecule has 4 nitrogen and oxygen atoms in total. The maximum atomic E-state index is 4.26. The number of nitrogens with one attached hydrogen (secondary N) is 1. The van der Waals surface area contributed by atoms with Crippen molar-refractivity contribution in [2.75, 3.05) is 13.1 Å². The molecule has 1 aromatic rings. The van der Waals surface area contributed by atoms with Gasteiger partial charge in [0.15, 0.2) is 0 Å². The molecule has 1 saturated heterocycles. The van der Waals surface area contributed by atoms with Crippen molar-refractivity contribution < 1.29 is 0 Å². The highest BCUT2D eigenvalue weighted by Crippen LogP contribution is 2.32. The highest BCUT2D eigenvalue weighted by molar-refractivity contribution is 4.96. The number of nitrogens with zero attached hydrogens (tertiary/aromatic N) is 3. The molecule has 1 aromatic heterocycles. The second kappa shape index (κ2) is 4.53. The predicted molar refractivity (Wildman–Crippen MR) is 62.0 cm³/mol. The van der Waals surface area contributed by atoms with Crippen LogP contribution in [0.15, 0.2) is 6.20 Å². The molecule has 2 heterocycles. The highest BCUT2D eigenvalue weighted by Gasteiger charge is 2.21. The summed E-state index contributed by atoms with van der Waals surface area (Å²) in [6.07, 6.45) is 8.66. The van der Waals surface area contributed by atoms with Gasteiger partial charge in [0.1, 0.15) is 0 Å². The van der Waals surface area contributed by atoms with E-state index < -0.39 is 0 Å². The van der Waals surface area contributed by atoms with Gasteiger partial charge in [-0.3, -0.25) is 4.68 Å². The van der Waals surface area contributed by atoms with Crippen molar-refractivity contribution in [2.45, 2.75) is 38.6 Å². The Kier molecular flexibility index (Phi) is 2.91. The van der Waals surface area contributed by atoms with Gasteiger partial charge in [-0.05, 0) is 44.2 Å². The Morgan fingerprint density at radius 2 is 2.25 bits per heavy atom. The van der Waals surface area contributed by atoms with E-state index in [-0.39, 0.29) is 0 Å². The van der Waals surface area contributed by atoms with Crippen molar-refractivity contribution in [1.29, 1.82) is 0 Å². The Morgan fingerprint density at radius 1 is 1.31 bits per heavy atom. The zero-order chi connectivity index (χ0) is 10.8. The van der Waals surface area contributed by atoms with Crippen molar-refractivity contribution in [1.82, 2.24) is 20.3 Å². The normalized spacial score (nSPS) is 25.1. The lowest BCUT2D eigenvalue weighted by Gasteiger charge is -2.03. The molecule has 0 amide bonds. The summed E-state index contributed by atoms with van der Waals surface area (Å²) in [5.74, 6) is 1.75. The monoisotopic (exact) mass is 220 g/mol. The molecular weight excluding hydrogens is 200 g/mol. The van der Waals surface area contributed by atoms with Gasteiger partial charge in [0.05, 0.1) is 5.69 Å². The van der Waals surface area contributed by atoms with Gasteiger partial charge in [0.2, 0.25) is 0 Å². The SMILES string of the molecule is c1c(CC2CCNC2)nnn1CCC1CC1. The molecule has 1 saturated carbocycles. The van der Waals surface area contributed by atoms with Crippen LogP contribution in [-0.2, 0) is 13.0 Å². The van der Waals surface area contributed by atoms with E-state index in [0.29, 0.717) is 0 Å². The van der Waals surface area contributed by atoms with Gasteiger partial charge in [0.25, 0.3) is 0 Å². The van der Waals surface area contributed by atoms with Crippen LogP contribution in [0, 0.1) is 11.8 Å². The molecule has 1 aliphatic heterocycles. The zero-order valence-electron chi connectivity index (χ0n) is 9.73. The number of aromatic nitrogens is 3. The molecular formula is C12H20N4. The Labute approximate surface area is 96.4 Å². The average Bonchev–Trinajstić information content (AvgIpc) is 2.78. The maximum absolute atomic E-state index is 4.26. The summed E-state index contributed by atoms with van der Waals surface area (Å²) in [6.45, 7) is 3.37. The van der Waals surface area contributed by atoms with Crippen molar-refractivity contribution in [3.63, 3.8) is 0 Å². The third-order valence-electron chi connectivity index (χ3n) is 3.71. The van der Waals surface area contributed by atoms with Gasteiger partial charge in [-0.1, -0.05) is 18.1 Å². The lowest BCUT2D eigenvalue weighted by molar-refractivity contribution is 0.531. The van der Waals surface area contributed by atoms with Crippen LogP contribution >= 0.6 is 0 Å². The second-order valence-electron chi connectivity index (χ2n) is 5.27. The van der Waals surface area contributed by atoms with Crippen LogP contribution in [0.25, 0.3) is 0 Å². The standard InChI is InChI=1S/C12H20N4/c1-2-10(1)4-6-16-9-12(14-15-16)7-11-3-5-13-8-11/h9-11,13H,1-8H2. The Morgan fingerprint density at radius 3 is 3.00 bits per heavy atom. The minimum atomic E-state index is 0.772. The van der Waals surface area contributed by atoms with Crippen LogP contribution < -0.4 is 5.32 Å².